The highest BCUT2D eigenvalue weighted by atomic mass is 19.1. The molecule has 0 saturated carbocycles. The molecule has 0 atom stereocenters. The summed E-state index contributed by atoms with van der Waals surface area (Å²) in [7, 11) is 0. The van der Waals surface area contributed by atoms with Crippen molar-refractivity contribution in [3.8, 4) is 17.0 Å². The SMILES string of the molecule is CC(C)c1cc(-c2ccc(O)cc2F)n[nH]1. The van der Waals surface area contributed by atoms with E-state index in [0.717, 1.165) is 11.8 Å². The molecule has 0 spiro atoms. The number of hydrogen-bond acceptors (Lipinski definition) is 2. The molecule has 2 aromatic rings. The van der Waals surface area contributed by atoms with Gasteiger partial charge >= 0.3 is 0 Å². The number of nitrogens with zero attached hydrogens (tertiary/aromatic N) is 1. The average molecular weight is 220 g/mol. The van der Waals surface area contributed by atoms with E-state index in [-0.39, 0.29) is 5.75 Å². The van der Waals surface area contributed by atoms with Crippen LogP contribution in [0.15, 0.2) is 24.3 Å². The number of nitrogens with one attached hydrogen (secondary N) is 1. The number of aromatic amines is 1. The fourth-order valence-corrected chi connectivity index (χ4v) is 1.48. The van der Waals surface area contributed by atoms with E-state index in [1.54, 1.807) is 0 Å². The van der Waals surface area contributed by atoms with Gasteiger partial charge in [0.05, 0.1) is 5.69 Å². The zero-order valence-corrected chi connectivity index (χ0v) is 9.16. The molecule has 2 N–H and O–H groups in total. The summed E-state index contributed by atoms with van der Waals surface area (Å²) in [5.74, 6) is -0.232. The van der Waals surface area contributed by atoms with Crippen molar-refractivity contribution in [2.24, 2.45) is 0 Å². The molecule has 0 unspecified atom stereocenters. The molecule has 0 fully saturated rings. The highest BCUT2D eigenvalue weighted by molar-refractivity contribution is 5.61. The van der Waals surface area contributed by atoms with Crippen LogP contribution < -0.4 is 0 Å². The van der Waals surface area contributed by atoms with Crippen LogP contribution in [0.2, 0.25) is 0 Å². The fraction of sp³-hybridized carbons (Fsp3) is 0.250. The second-order valence-electron chi connectivity index (χ2n) is 4.03. The van der Waals surface area contributed by atoms with Gasteiger partial charge in [-0.1, -0.05) is 13.8 Å². The van der Waals surface area contributed by atoms with Gasteiger partial charge in [-0.2, -0.15) is 5.10 Å². The van der Waals surface area contributed by atoms with E-state index >= 15 is 0 Å². The van der Waals surface area contributed by atoms with Crippen LogP contribution in [-0.2, 0) is 0 Å². The Labute approximate surface area is 92.9 Å². The van der Waals surface area contributed by atoms with Crippen molar-refractivity contribution in [1.29, 1.82) is 0 Å². The van der Waals surface area contributed by atoms with Gasteiger partial charge in [0.15, 0.2) is 0 Å². The van der Waals surface area contributed by atoms with E-state index in [1.165, 1.54) is 12.1 Å². The molecule has 0 amide bonds. The van der Waals surface area contributed by atoms with Crippen LogP contribution in [0, 0.1) is 5.82 Å². The molecule has 1 aromatic carbocycles. The minimum Gasteiger partial charge on any atom is -0.508 e. The first kappa shape index (κ1) is 10.7. The van der Waals surface area contributed by atoms with Crippen LogP contribution in [-0.4, -0.2) is 15.3 Å². The summed E-state index contributed by atoms with van der Waals surface area (Å²) in [6, 6.07) is 5.87. The minimum atomic E-state index is -0.471. The predicted molar refractivity (Wildman–Crippen MR) is 59.7 cm³/mol. The van der Waals surface area contributed by atoms with Crippen LogP contribution in [0.3, 0.4) is 0 Å². The third kappa shape index (κ3) is 1.91. The molecular weight excluding hydrogens is 207 g/mol. The van der Waals surface area contributed by atoms with E-state index in [1.807, 2.05) is 19.9 Å². The molecule has 0 saturated heterocycles. The van der Waals surface area contributed by atoms with Gasteiger partial charge in [-0.15, -0.1) is 0 Å². The normalized spacial score (nSPS) is 11.0. The van der Waals surface area contributed by atoms with Gasteiger partial charge in [0.2, 0.25) is 0 Å². The van der Waals surface area contributed by atoms with Crippen molar-refractivity contribution in [3.63, 3.8) is 0 Å². The Morgan fingerprint density at radius 2 is 2.06 bits per heavy atom. The lowest BCUT2D eigenvalue weighted by atomic mass is 10.1. The second kappa shape index (κ2) is 3.96. The monoisotopic (exact) mass is 220 g/mol. The number of phenols is 1. The summed E-state index contributed by atoms with van der Waals surface area (Å²) in [5, 5.41) is 16.0. The van der Waals surface area contributed by atoms with Crippen molar-refractivity contribution < 1.29 is 9.50 Å². The number of halogens is 1. The van der Waals surface area contributed by atoms with Crippen molar-refractivity contribution in [1.82, 2.24) is 10.2 Å². The summed E-state index contributed by atoms with van der Waals surface area (Å²) < 4.78 is 13.5. The molecule has 1 aromatic heterocycles. The zero-order valence-electron chi connectivity index (χ0n) is 9.16. The van der Waals surface area contributed by atoms with E-state index in [2.05, 4.69) is 10.2 Å². The Hall–Kier alpha value is -1.84. The third-order valence-electron chi connectivity index (χ3n) is 2.45. The molecule has 0 radical (unpaired) electrons. The first-order valence-corrected chi connectivity index (χ1v) is 5.12. The highest BCUT2D eigenvalue weighted by Crippen LogP contribution is 2.26. The van der Waals surface area contributed by atoms with Gasteiger partial charge in [0, 0.05) is 17.3 Å². The maximum atomic E-state index is 13.5. The third-order valence-corrected chi connectivity index (χ3v) is 2.45. The predicted octanol–water partition coefficient (Wildman–Crippen LogP) is 3.04. The Balaban J connectivity index is 2.42. The number of rotatable bonds is 2. The van der Waals surface area contributed by atoms with E-state index in [4.69, 9.17) is 5.11 Å². The zero-order chi connectivity index (χ0) is 11.7. The van der Waals surface area contributed by atoms with Crippen LogP contribution in [0.4, 0.5) is 4.39 Å². The van der Waals surface area contributed by atoms with E-state index in [0.29, 0.717) is 17.2 Å². The van der Waals surface area contributed by atoms with Gasteiger partial charge in [-0.3, -0.25) is 5.10 Å². The molecule has 0 aliphatic carbocycles. The van der Waals surface area contributed by atoms with Crippen molar-refractivity contribution in [3.05, 3.63) is 35.8 Å². The maximum Gasteiger partial charge on any atom is 0.136 e. The van der Waals surface area contributed by atoms with Crippen LogP contribution in [0.1, 0.15) is 25.5 Å². The Morgan fingerprint density at radius 1 is 1.31 bits per heavy atom. The van der Waals surface area contributed by atoms with Crippen LogP contribution >= 0.6 is 0 Å². The summed E-state index contributed by atoms with van der Waals surface area (Å²) >= 11 is 0. The van der Waals surface area contributed by atoms with Gasteiger partial charge in [0.25, 0.3) is 0 Å². The van der Waals surface area contributed by atoms with Gasteiger partial charge < -0.3 is 5.11 Å². The molecule has 0 bridgehead atoms. The lowest BCUT2D eigenvalue weighted by Gasteiger charge is -1.99. The molecule has 1 heterocycles. The maximum absolute atomic E-state index is 13.5. The molecule has 2 rings (SSSR count). The van der Waals surface area contributed by atoms with Crippen LogP contribution in [0.25, 0.3) is 11.3 Å². The van der Waals surface area contributed by atoms with E-state index < -0.39 is 5.82 Å². The number of benzene rings is 1. The summed E-state index contributed by atoms with van der Waals surface area (Å²) in [4.78, 5) is 0. The fourth-order valence-electron chi connectivity index (χ4n) is 1.48. The number of H-pyrrole nitrogens is 1. The van der Waals surface area contributed by atoms with Gasteiger partial charge in [0.1, 0.15) is 11.6 Å². The molecule has 3 nitrogen and oxygen atoms in total. The van der Waals surface area contributed by atoms with Gasteiger partial charge in [-0.25, -0.2) is 4.39 Å². The van der Waals surface area contributed by atoms with Crippen molar-refractivity contribution in [2.45, 2.75) is 19.8 Å². The molecule has 84 valence electrons. The summed E-state index contributed by atoms with van der Waals surface area (Å²) in [6.07, 6.45) is 0. The Kier molecular flexibility index (Phi) is 2.64. The Bertz CT molecular complexity index is 505. The quantitative estimate of drug-likeness (QED) is 0.817. The summed E-state index contributed by atoms with van der Waals surface area (Å²) in [6.45, 7) is 4.06. The number of aromatic nitrogens is 2. The second-order valence-corrected chi connectivity index (χ2v) is 4.03. The average Bonchev–Trinajstić information content (AvgIpc) is 2.66. The van der Waals surface area contributed by atoms with E-state index in [9.17, 15) is 4.39 Å². The number of aromatic hydroxyl groups is 1. The first-order chi connectivity index (χ1) is 7.58. The smallest absolute Gasteiger partial charge is 0.136 e. The van der Waals surface area contributed by atoms with Crippen LogP contribution in [0.5, 0.6) is 5.75 Å². The summed E-state index contributed by atoms with van der Waals surface area (Å²) in [5.41, 5.74) is 1.91. The minimum absolute atomic E-state index is 0.0825. The van der Waals surface area contributed by atoms with Gasteiger partial charge in [-0.05, 0) is 24.1 Å². The topological polar surface area (TPSA) is 48.9 Å². The molecule has 4 heteroatoms. The number of phenolic OH excluding ortho intramolecular Hbond substituents is 1. The molecule has 16 heavy (non-hydrogen) atoms. The first-order valence-electron chi connectivity index (χ1n) is 5.12. The van der Waals surface area contributed by atoms with Crippen molar-refractivity contribution in [2.75, 3.05) is 0 Å². The highest BCUT2D eigenvalue weighted by Gasteiger charge is 2.11. The molecular formula is C12H13FN2O. The standard InChI is InChI=1S/C12H13FN2O/c1-7(2)11-6-12(15-14-11)9-4-3-8(16)5-10(9)13/h3-7,16H,1-2H3,(H,14,15). The number of hydrogen-bond donors (Lipinski definition) is 2. The Morgan fingerprint density at radius 3 is 2.62 bits per heavy atom. The molecule has 0 aliphatic heterocycles. The lowest BCUT2D eigenvalue weighted by molar-refractivity contribution is 0.469. The largest absolute Gasteiger partial charge is 0.508 e. The molecule has 0 aliphatic rings. The van der Waals surface area contributed by atoms with Crippen molar-refractivity contribution >= 4 is 0 Å². The lowest BCUT2D eigenvalue weighted by Crippen LogP contribution is -1.85.